The molecular formula is C19H16N2O. The fraction of sp³-hybridized carbons (Fsp3) is 0.263. The summed E-state index contributed by atoms with van der Waals surface area (Å²) in [5.41, 5.74) is 1.85. The van der Waals surface area contributed by atoms with Crippen LogP contribution in [0.5, 0.6) is 0 Å². The second-order valence-electron chi connectivity index (χ2n) is 5.83. The molecule has 22 heavy (non-hydrogen) atoms. The molecule has 2 fully saturated rings. The Hall–Kier alpha value is -2.60. The third kappa shape index (κ3) is 2.17. The van der Waals surface area contributed by atoms with Crippen LogP contribution in [0.2, 0.25) is 0 Å². The van der Waals surface area contributed by atoms with Crippen LogP contribution in [0.15, 0.2) is 48.7 Å². The summed E-state index contributed by atoms with van der Waals surface area (Å²) in [4.78, 5) is 18.4. The van der Waals surface area contributed by atoms with Gasteiger partial charge < -0.3 is 0 Å². The Labute approximate surface area is 130 Å². The lowest BCUT2D eigenvalue weighted by Crippen LogP contribution is -2.58. The molecule has 1 saturated heterocycles. The van der Waals surface area contributed by atoms with E-state index in [4.69, 9.17) is 0 Å². The van der Waals surface area contributed by atoms with Crippen LogP contribution < -0.4 is 4.90 Å². The summed E-state index contributed by atoms with van der Waals surface area (Å²) in [5, 5.41) is 0. The third-order valence-corrected chi connectivity index (χ3v) is 4.49. The van der Waals surface area contributed by atoms with Crippen molar-refractivity contribution in [3.05, 3.63) is 59.8 Å². The van der Waals surface area contributed by atoms with Crippen LogP contribution in [0.1, 0.15) is 30.4 Å². The molecule has 2 heterocycles. The van der Waals surface area contributed by atoms with E-state index in [-0.39, 0.29) is 11.8 Å². The molecule has 0 unspecified atom stereocenters. The minimum absolute atomic E-state index is 0.234. The van der Waals surface area contributed by atoms with Crippen molar-refractivity contribution in [2.24, 2.45) is 5.92 Å². The number of nitrogens with zero attached hydrogens (tertiary/aromatic N) is 2. The lowest BCUT2D eigenvalue weighted by atomic mass is 9.90. The number of amides is 1. The number of benzene rings is 1. The Balaban J connectivity index is 1.52. The number of fused-ring (bicyclic) bond motifs is 1. The van der Waals surface area contributed by atoms with E-state index < -0.39 is 0 Å². The highest BCUT2D eigenvalue weighted by Crippen LogP contribution is 2.42. The minimum atomic E-state index is 0.234. The van der Waals surface area contributed by atoms with Crippen molar-refractivity contribution < 1.29 is 4.79 Å². The van der Waals surface area contributed by atoms with Crippen molar-refractivity contribution in [2.45, 2.75) is 25.3 Å². The van der Waals surface area contributed by atoms with Gasteiger partial charge in [0, 0.05) is 23.4 Å². The zero-order valence-corrected chi connectivity index (χ0v) is 12.2. The van der Waals surface area contributed by atoms with Gasteiger partial charge in [-0.2, -0.15) is 0 Å². The van der Waals surface area contributed by atoms with Crippen molar-refractivity contribution >= 4 is 11.7 Å². The lowest BCUT2D eigenvalue weighted by Gasteiger charge is -2.42. The summed E-state index contributed by atoms with van der Waals surface area (Å²) >= 11 is 0. The molecule has 2 aliphatic rings. The van der Waals surface area contributed by atoms with Crippen LogP contribution in [-0.4, -0.2) is 16.9 Å². The molecule has 1 aromatic heterocycles. The average molecular weight is 288 g/mol. The maximum atomic E-state index is 12.1. The molecule has 0 spiro atoms. The summed E-state index contributed by atoms with van der Waals surface area (Å²) in [5.74, 6) is 7.46. The fourth-order valence-corrected chi connectivity index (χ4v) is 3.35. The molecular weight excluding hydrogens is 272 g/mol. The van der Waals surface area contributed by atoms with Gasteiger partial charge in [0.1, 0.15) is 5.82 Å². The molecule has 4 rings (SSSR count). The van der Waals surface area contributed by atoms with E-state index in [9.17, 15) is 4.79 Å². The summed E-state index contributed by atoms with van der Waals surface area (Å²) in [6.45, 7) is 0. The third-order valence-electron chi connectivity index (χ3n) is 4.49. The topological polar surface area (TPSA) is 33.2 Å². The predicted molar refractivity (Wildman–Crippen MR) is 85.3 cm³/mol. The zero-order chi connectivity index (χ0) is 14.9. The molecule has 108 valence electrons. The monoisotopic (exact) mass is 288 g/mol. The standard InChI is InChI=1S/C19H16N2O/c22-19-16-7-4-8-17(16)21(19)18-12-11-15(13-20-18)10-9-14-5-2-1-3-6-14/h1-3,5-6,11-13,16-17H,4,7-8H2/t16-,17-/m1/s1. The number of anilines is 1. The maximum absolute atomic E-state index is 12.1. The number of rotatable bonds is 1. The highest BCUT2D eigenvalue weighted by Gasteiger charge is 2.50. The van der Waals surface area contributed by atoms with Gasteiger partial charge >= 0.3 is 0 Å². The van der Waals surface area contributed by atoms with Gasteiger partial charge in [-0.05, 0) is 37.1 Å². The normalized spacial score (nSPS) is 22.5. The molecule has 0 N–H and O–H groups in total. The van der Waals surface area contributed by atoms with Crippen molar-refractivity contribution in [2.75, 3.05) is 4.90 Å². The molecule has 2 aromatic rings. The van der Waals surface area contributed by atoms with Crippen LogP contribution in [0.4, 0.5) is 5.82 Å². The van der Waals surface area contributed by atoms with Crippen molar-refractivity contribution in [3.63, 3.8) is 0 Å². The molecule has 1 aromatic carbocycles. The van der Waals surface area contributed by atoms with Gasteiger partial charge in [0.05, 0.1) is 5.92 Å². The van der Waals surface area contributed by atoms with E-state index >= 15 is 0 Å². The van der Waals surface area contributed by atoms with Gasteiger partial charge in [-0.25, -0.2) is 4.98 Å². The van der Waals surface area contributed by atoms with Crippen molar-refractivity contribution in [1.82, 2.24) is 4.98 Å². The molecule has 1 amide bonds. The number of hydrogen-bond donors (Lipinski definition) is 0. The average Bonchev–Trinajstić information content (AvgIpc) is 2.99. The first-order valence-electron chi connectivity index (χ1n) is 7.69. The molecule has 2 atom stereocenters. The number of β-lactam (4-membered cyclic amide) rings is 1. The Bertz CT molecular complexity index is 756. The van der Waals surface area contributed by atoms with Gasteiger partial charge in [0.2, 0.25) is 5.91 Å². The zero-order valence-electron chi connectivity index (χ0n) is 12.2. The van der Waals surface area contributed by atoms with Crippen LogP contribution in [0.3, 0.4) is 0 Å². The van der Waals surface area contributed by atoms with Gasteiger partial charge in [-0.3, -0.25) is 9.69 Å². The molecule has 0 bridgehead atoms. The number of hydrogen-bond acceptors (Lipinski definition) is 2. The Morgan fingerprint density at radius 1 is 1.00 bits per heavy atom. The second-order valence-corrected chi connectivity index (χ2v) is 5.83. The van der Waals surface area contributed by atoms with Crippen LogP contribution in [-0.2, 0) is 4.79 Å². The number of carbonyl (C=O) groups excluding carboxylic acids is 1. The van der Waals surface area contributed by atoms with E-state index in [1.165, 1.54) is 0 Å². The predicted octanol–water partition coefficient (Wildman–Crippen LogP) is 3.00. The van der Waals surface area contributed by atoms with Crippen LogP contribution in [0.25, 0.3) is 0 Å². The van der Waals surface area contributed by atoms with E-state index in [1.54, 1.807) is 6.20 Å². The molecule has 0 radical (unpaired) electrons. The minimum Gasteiger partial charge on any atom is -0.293 e. The van der Waals surface area contributed by atoms with Gasteiger partial charge in [0.25, 0.3) is 0 Å². The number of carbonyl (C=O) groups is 1. The molecule has 1 aliphatic carbocycles. The molecule has 3 heteroatoms. The van der Waals surface area contributed by atoms with Crippen LogP contribution >= 0.6 is 0 Å². The molecule has 3 nitrogen and oxygen atoms in total. The summed E-state index contributed by atoms with van der Waals surface area (Å²) < 4.78 is 0. The van der Waals surface area contributed by atoms with Crippen molar-refractivity contribution in [1.29, 1.82) is 0 Å². The number of pyridine rings is 1. The highest BCUT2D eigenvalue weighted by molar-refractivity contribution is 6.02. The highest BCUT2D eigenvalue weighted by atomic mass is 16.2. The first-order chi connectivity index (χ1) is 10.8. The molecule has 1 saturated carbocycles. The smallest absolute Gasteiger partial charge is 0.233 e. The SMILES string of the molecule is O=C1[C@@H]2CCC[C@H]2N1c1ccc(C#Cc2ccccc2)cn1. The van der Waals surface area contributed by atoms with Gasteiger partial charge in [0.15, 0.2) is 0 Å². The van der Waals surface area contributed by atoms with E-state index in [0.29, 0.717) is 6.04 Å². The van der Waals surface area contributed by atoms with Gasteiger partial charge in [-0.15, -0.1) is 0 Å². The summed E-state index contributed by atoms with van der Waals surface area (Å²) in [7, 11) is 0. The quantitative estimate of drug-likeness (QED) is 0.597. The largest absolute Gasteiger partial charge is 0.293 e. The van der Waals surface area contributed by atoms with Crippen molar-refractivity contribution in [3.8, 4) is 11.8 Å². The summed E-state index contributed by atoms with van der Waals surface area (Å²) in [6.07, 6.45) is 5.05. The van der Waals surface area contributed by atoms with E-state index in [2.05, 4.69) is 16.8 Å². The van der Waals surface area contributed by atoms with Crippen LogP contribution in [0, 0.1) is 17.8 Å². The van der Waals surface area contributed by atoms with Gasteiger partial charge in [-0.1, -0.05) is 36.5 Å². The first kappa shape index (κ1) is 13.1. The maximum Gasteiger partial charge on any atom is 0.233 e. The Morgan fingerprint density at radius 2 is 1.82 bits per heavy atom. The lowest BCUT2D eigenvalue weighted by molar-refractivity contribution is -0.129. The first-order valence-corrected chi connectivity index (χ1v) is 7.69. The Morgan fingerprint density at radius 3 is 2.59 bits per heavy atom. The Kier molecular flexibility index (Phi) is 3.16. The van der Waals surface area contributed by atoms with E-state index in [1.807, 2.05) is 47.4 Å². The molecule has 1 aliphatic heterocycles. The summed E-state index contributed by atoms with van der Waals surface area (Å²) in [6, 6.07) is 14.1. The van der Waals surface area contributed by atoms with E-state index in [0.717, 1.165) is 36.2 Å². The second kappa shape index (κ2) is 5.31. The fourth-order valence-electron chi connectivity index (χ4n) is 3.35. The number of aromatic nitrogens is 1.